The molecular formula is C25H27FN2O5. The summed E-state index contributed by atoms with van der Waals surface area (Å²) in [4.78, 5) is 39.1. The van der Waals surface area contributed by atoms with Crippen LogP contribution in [0.2, 0.25) is 0 Å². The first kappa shape index (κ1) is 22.8. The van der Waals surface area contributed by atoms with Crippen LogP contribution in [0.4, 0.5) is 4.39 Å². The fraction of sp³-hybridized carbons (Fsp3) is 0.400. The minimum Gasteiger partial charge on any atom is -0.456 e. The zero-order valence-corrected chi connectivity index (χ0v) is 18.4. The van der Waals surface area contributed by atoms with Crippen molar-refractivity contribution in [1.29, 1.82) is 0 Å². The highest BCUT2D eigenvalue weighted by Crippen LogP contribution is 2.24. The molecule has 1 amide bonds. The predicted molar refractivity (Wildman–Crippen MR) is 120 cm³/mol. The van der Waals surface area contributed by atoms with Crippen LogP contribution in [0.3, 0.4) is 0 Å². The first-order chi connectivity index (χ1) is 16.0. The molecule has 1 saturated carbocycles. The lowest BCUT2D eigenvalue weighted by Crippen LogP contribution is -2.43. The lowest BCUT2D eigenvalue weighted by atomic mass is 9.93. The smallest absolute Gasteiger partial charge is 0.419 e. The van der Waals surface area contributed by atoms with Gasteiger partial charge >= 0.3 is 11.7 Å². The molecule has 174 valence electrons. The Bertz CT molecular complexity index is 1160. The maximum Gasteiger partial charge on any atom is 0.419 e. The molecule has 1 heterocycles. The van der Waals surface area contributed by atoms with Gasteiger partial charge in [-0.2, -0.15) is 0 Å². The molecule has 0 N–H and O–H groups in total. The van der Waals surface area contributed by atoms with Gasteiger partial charge in [0.25, 0.3) is 5.91 Å². The predicted octanol–water partition coefficient (Wildman–Crippen LogP) is 4.03. The Labute approximate surface area is 190 Å². The average molecular weight is 454 g/mol. The summed E-state index contributed by atoms with van der Waals surface area (Å²) in [5.74, 6) is -1.70. The molecule has 0 unspecified atom stereocenters. The van der Waals surface area contributed by atoms with E-state index >= 15 is 0 Å². The summed E-state index contributed by atoms with van der Waals surface area (Å²) < 4.78 is 25.1. The Morgan fingerprint density at radius 3 is 2.55 bits per heavy atom. The zero-order valence-electron chi connectivity index (χ0n) is 18.4. The maximum absolute atomic E-state index is 13.3. The van der Waals surface area contributed by atoms with E-state index in [4.69, 9.17) is 9.15 Å². The number of carbonyl (C=O) groups is 2. The highest BCUT2D eigenvalue weighted by Gasteiger charge is 2.26. The minimum absolute atomic E-state index is 0.0574. The molecule has 0 atom stereocenters. The van der Waals surface area contributed by atoms with Crippen LogP contribution in [0, 0.1) is 5.82 Å². The first-order valence-electron chi connectivity index (χ1n) is 11.3. The van der Waals surface area contributed by atoms with Gasteiger partial charge in [-0.05, 0) is 42.7 Å². The van der Waals surface area contributed by atoms with E-state index in [1.165, 1.54) is 16.7 Å². The van der Waals surface area contributed by atoms with Gasteiger partial charge in [-0.1, -0.05) is 43.5 Å². The number of rotatable bonds is 8. The molecule has 0 aliphatic heterocycles. The number of carbonyl (C=O) groups excluding carboxylic acids is 2. The van der Waals surface area contributed by atoms with Crippen molar-refractivity contribution in [1.82, 2.24) is 9.47 Å². The number of aromatic nitrogens is 1. The van der Waals surface area contributed by atoms with E-state index in [1.807, 2.05) is 0 Å². The van der Waals surface area contributed by atoms with E-state index in [0.29, 0.717) is 17.6 Å². The van der Waals surface area contributed by atoms with Crippen LogP contribution in [0.1, 0.15) is 44.1 Å². The molecule has 0 spiro atoms. The maximum atomic E-state index is 13.3. The second-order valence-corrected chi connectivity index (χ2v) is 8.34. The third-order valence-corrected chi connectivity index (χ3v) is 6.07. The van der Waals surface area contributed by atoms with E-state index in [2.05, 4.69) is 0 Å². The van der Waals surface area contributed by atoms with Crippen molar-refractivity contribution in [2.24, 2.45) is 0 Å². The summed E-state index contributed by atoms with van der Waals surface area (Å²) in [6, 6.07) is 13.1. The second kappa shape index (κ2) is 10.5. The number of esters is 1. The molecule has 1 aliphatic carbocycles. The molecular weight excluding hydrogens is 427 g/mol. The lowest BCUT2D eigenvalue weighted by molar-refractivity contribution is -0.153. The van der Waals surface area contributed by atoms with Gasteiger partial charge in [0.1, 0.15) is 5.82 Å². The number of hydrogen-bond donors (Lipinski definition) is 0. The molecule has 1 aromatic heterocycles. The van der Waals surface area contributed by atoms with Gasteiger partial charge in [0.15, 0.2) is 12.2 Å². The Morgan fingerprint density at radius 1 is 1.06 bits per heavy atom. The third-order valence-electron chi connectivity index (χ3n) is 6.07. The number of oxazole rings is 1. The van der Waals surface area contributed by atoms with Gasteiger partial charge in [0.05, 0.1) is 11.9 Å². The standard InChI is InChI=1S/C25H27FN2O5/c26-19-12-10-18(11-13-19)16-28(20-6-2-1-3-7-20)23(29)17-32-24(30)14-15-27-21-8-4-5-9-22(21)33-25(27)31/h4-5,8-13,20H,1-3,6-7,14-17H2. The molecule has 3 aromatic rings. The zero-order chi connectivity index (χ0) is 23.2. The number of ether oxygens (including phenoxy) is 1. The van der Waals surface area contributed by atoms with Crippen molar-refractivity contribution in [3.8, 4) is 0 Å². The highest BCUT2D eigenvalue weighted by molar-refractivity contribution is 5.81. The summed E-state index contributed by atoms with van der Waals surface area (Å²) in [5.41, 5.74) is 1.89. The first-order valence-corrected chi connectivity index (χ1v) is 11.3. The number of halogens is 1. The van der Waals surface area contributed by atoms with Crippen LogP contribution in [-0.2, 0) is 27.4 Å². The topological polar surface area (TPSA) is 81.7 Å². The fourth-order valence-corrected chi connectivity index (χ4v) is 4.33. The Morgan fingerprint density at radius 2 is 1.79 bits per heavy atom. The van der Waals surface area contributed by atoms with Crippen LogP contribution in [0.25, 0.3) is 11.1 Å². The largest absolute Gasteiger partial charge is 0.456 e. The van der Waals surface area contributed by atoms with E-state index in [1.54, 1.807) is 41.3 Å². The number of hydrogen-bond acceptors (Lipinski definition) is 5. The fourth-order valence-electron chi connectivity index (χ4n) is 4.33. The summed E-state index contributed by atoms with van der Waals surface area (Å²) in [6.07, 6.45) is 4.98. The Hall–Kier alpha value is -3.42. The molecule has 4 rings (SSSR count). The van der Waals surface area contributed by atoms with Crippen molar-refractivity contribution in [3.05, 3.63) is 70.5 Å². The van der Waals surface area contributed by atoms with Crippen LogP contribution in [0.15, 0.2) is 57.7 Å². The average Bonchev–Trinajstić information content (AvgIpc) is 3.16. The molecule has 2 aromatic carbocycles. The van der Waals surface area contributed by atoms with Crippen LogP contribution in [0.5, 0.6) is 0 Å². The van der Waals surface area contributed by atoms with Crippen LogP contribution >= 0.6 is 0 Å². The van der Waals surface area contributed by atoms with E-state index in [9.17, 15) is 18.8 Å². The van der Waals surface area contributed by atoms with Crippen molar-refractivity contribution in [3.63, 3.8) is 0 Å². The van der Waals surface area contributed by atoms with Gasteiger partial charge in [-0.25, -0.2) is 9.18 Å². The number of nitrogens with zero attached hydrogens (tertiary/aromatic N) is 2. The lowest BCUT2D eigenvalue weighted by Gasteiger charge is -2.34. The van der Waals surface area contributed by atoms with E-state index in [0.717, 1.165) is 37.7 Å². The molecule has 1 fully saturated rings. The summed E-state index contributed by atoms with van der Waals surface area (Å²) >= 11 is 0. The number of benzene rings is 2. The molecule has 0 radical (unpaired) electrons. The SMILES string of the molecule is O=C(CCn1c(=O)oc2ccccc21)OCC(=O)N(Cc1ccc(F)cc1)C1CCCCC1. The normalized spacial score (nSPS) is 14.3. The monoisotopic (exact) mass is 454 g/mol. The molecule has 0 saturated heterocycles. The number of amides is 1. The van der Waals surface area contributed by atoms with Gasteiger partial charge in [0, 0.05) is 19.1 Å². The molecule has 8 heteroatoms. The van der Waals surface area contributed by atoms with Crippen molar-refractivity contribution in [2.75, 3.05) is 6.61 Å². The van der Waals surface area contributed by atoms with Crippen LogP contribution in [-0.4, -0.2) is 34.0 Å². The summed E-state index contributed by atoms with van der Waals surface area (Å²) in [5, 5.41) is 0. The number of para-hydroxylation sites is 2. The van der Waals surface area contributed by atoms with E-state index in [-0.39, 0.29) is 37.3 Å². The Balaban J connectivity index is 1.35. The van der Waals surface area contributed by atoms with Crippen molar-refractivity contribution >= 4 is 23.0 Å². The van der Waals surface area contributed by atoms with Gasteiger partial charge in [0.2, 0.25) is 0 Å². The van der Waals surface area contributed by atoms with Gasteiger partial charge < -0.3 is 14.1 Å². The van der Waals surface area contributed by atoms with E-state index < -0.39 is 11.7 Å². The van der Waals surface area contributed by atoms with Crippen molar-refractivity contribution in [2.45, 2.75) is 57.7 Å². The molecule has 7 nitrogen and oxygen atoms in total. The number of fused-ring (bicyclic) bond motifs is 1. The highest BCUT2D eigenvalue weighted by atomic mass is 19.1. The minimum atomic E-state index is -0.564. The Kier molecular flexibility index (Phi) is 7.22. The molecule has 0 bridgehead atoms. The summed E-state index contributed by atoms with van der Waals surface area (Å²) in [7, 11) is 0. The van der Waals surface area contributed by atoms with Crippen molar-refractivity contribution < 1.29 is 23.1 Å². The second-order valence-electron chi connectivity index (χ2n) is 8.34. The molecule has 33 heavy (non-hydrogen) atoms. The quantitative estimate of drug-likeness (QED) is 0.480. The number of aryl methyl sites for hydroxylation is 1. The van der Waals surface area contributed by atoms with Crippen LogP contribution < -0.4 is 5.76 Å². The molecule has 1 aliphatic rings. The third kappa shape index (κ3) is 5.69. The summed E-state index contributed by atoms with van der Waals surface area (Å²) in [6.45, 7) is 0.0834. The van der Waals surface area contributed by atoms with Gasteiger partial charge in [-0.15, -0.1) is 0 Å². The van der Waals surface area contributed by atoms with Gasteiger partial charge in [-0.3, -0.25) is 14.2 Å².